The van der Waals surface area contributed by atoms with Crippen LogP contribution in [0.3, 0.4) is 0 Å². The van der Waals surface area contributed by atoms with E-state index in [0.717, 1.165) is 11.6 Å². The fraction of sp³-hybridized carbons (Fsp3) is 0.0400. The number of carbonyl (C=O) groups is 3. The van der Waals surface area contributed by atoms with Gasteiger partial charge < -0.3 is 19.9 Å². The lowest BCUT2D eigenvalue weighted by molar-refractivity contribution is 0.0696. The van der Waals surface area contributed by atoms with Gasteiger partial charge in [-0.3, -0.25) is 9.59 Å². The van der Waals surface area contributed by atoms with Crippen molar-refractivity contribution in [2.45, 2.75) is 6.92 Å². The molecule has 8 nitrogen and oxygen atoms in total. The van der Waals surface area contributed by atoms with Gasteiger partial charge in [0.15, 0.2) is 5.43 Å². The van der Waals surface area contributed by atoms with Gasteiger partial charge in [-0.25, -0.2) is 9.59 Å². The van der Waals surface area contributed by atoms with Crippen molar-refractivity contribution in [1.29, 1.82) is 0 Å². The second kappa shape index (κ2) is 8.43. The van der Waals surface area contributed by atoms with Gasteiger partial charge in [-0.1, -0.05) is 23.8 Å². The third kappa shape index (κ3) is 4.49. The van der Waals surface area contributed by atoms with E-state index >= 15 is 0 Å². The van der Waals surface area contributed by atoms with Gasteiger partial charge in [0.25, 0.3) is 5.91 Å². The van der Waals surface area contributed by atoms with E-state index in [1.807, 2.05) is 13.0 Å². The van der Waals surface area contributed by atoms with E-state index in [-0.39, 0.29) is 27.8 Å². The molecule has 3 N–H and O–H groups in total. The number of aromatic carboxylic acids is 2. The lowest BCUT2D eigenvalue weighted by atomic mass is 10.1. The number of aryl methyl sites for hydroxylation is 1. The Kier molecular flexibility index (Phi) is 5.49. The zero-order valence-electron chi connectivity index (χ0n) is 17.3. The molecule has 4 rings (SSSR count). The smallest absolute Gasteiger partial charge is 0.335 e. The standard InChI is InChI=1S/C25H17NO7/c1-13-2-7-21-19(8-13)20(27)12-22(33-21)14-3-5-15(6-4-14)23(28)26-18-10-16(24(29)30)9-17(11-18)25(31)32/h2-12H,1H3,(H,26,28)(H,29,30)(H,31,32). The number of carboxylic acid groups (broad SMARTS) is 2. The lowest BCUT2D eigenvalue weighted by Crippen LogP contribution is -2.13. The Morgan fingerprint density at radius 3 is 2.03 bits per heavy atom. The number of hydrogen-bond acceptors (Lipinski definition) is 5. The Bertz CT molecular complexity index is 1450. The maximum Gasteiger partial charge on any atom is 0.335 e. The molecule has 1 heterocycles. The zero-order chi connectivity index (χ0) is 23.7. The molecule has 0 unspecified atom stereocenters. The third-order valence-electron chi connectivity index (χ3n) is 5.00. The number of hydrogen-bond donors (Lipinski definition) is 3. The van der Waals surface area contributed by atoms with Crippen LogP contribution < -0.4 is 10.7 Å². The first-order valence-corrected chi connectivity index (χ1v) is 9.79. The van der Waals surface area contributed by atoms with Crippen LogP contribution in [0.4, 0.5) is 5.69 Å². The number of carboxylic acids is 2. The van der Waals surface area contributed by atoms with Crippen LogP contribution in [0.1, 0.15) is 36.6 Å². The highest BCUT2D eigenvalue weighted by Crippen LogP contribution is 2.24. The molecule has 0 aliphatic carbocycles. The second-order valence-corrected chi connectivity index (χ2v) is 7.42. The predicted octanol–water partition coefficient (Wildman–Crippen LogP) is 4.42. The van der Waals surface area contributed by atoms with Crippen molar-refractivity contribution in [3.05, 3.63) is 99.2 Å². The van der Waals surface area contributed by atoms with Crippen LogP contribution in [0.25, 0.3) is 22.3 Å². The third-order valence-corrected chi connectivity index (χ3v) is 5.00. The second-order valence-electron chi connectivity index (χ2n) is 7.42. The molecule has 1 aromatic heterocycles. The summed E-state index contributed by atoms with van der Waals surface area (Å²) in [5, 5.41) is 21.3. The van der Waals surface area contributed by atoms with E-state index in [4.69, 9.17) is 14.6 Å². The summed E-state index contributed by atoms with van der Waals surface area (Å²) < 4.78 is 5.84. The number of benzene rings is 3. The van der Waals surface area contributed by atoms with Crippen LogP contribution in [0.5, 0.6) is 0 Å². The Morgan fingerprint density at radius 2 is 1.42 bits per heavy atom. The Labute approximate surface area is 186 Å². The minimum Gasteiger partial charge on any atom is -0.478 e. The molecule has 1 amide bonds. The SMILES string of the molecule is Cc1ccc2oc(-c3ccc(C(=O)Nc4cc(C(=O)O)cc(C(=O)O)c4)cc3)cc(=O)c2c1. The summed E-state index contributed by atoms with van der Waals surface area (Å²) in [7, 11) is 0. The van der Waals surface area contributed by atoms with Gasteiger partial charge in [-0.05, 0) is 49.4 Å². The topological polar surface area (TPSA) is 134 Å². The lowest BCUT2D eigenvalue weighted by Gasteiger charge is -2.09. The summed E-state index contributed by atoms with van der Waals surface area (Å²) >= 11 is 0. The Balaban J connectivity index is 1.60. The number of nitrogens with one attached hydrogen (secondary N) is 1. The first-order valence-electron chi connectivity index (χ1n) is 9.79. The van der Waals surface area contributed by atoms with Crippen molar-refractivity contribution in [1.82, 2.24) is 0 Å². The largest absolute Gasteiger partial charge is 0.478 e. The highest BCUT2D eigenvalue weighted by molar-refractivity contribution is 6.06. The highest BCUT2D eigenvalue weighted by Gasteiger charge is 2.14. The minimum absolute atomic E-state index is 0.0391. The predicted molar refractivity (Wildman–Crippen MR) is 121 cm³/mol. The van der Waals surface area contributed by atoms with Gasteiger partial charge >= 0.3 is 11.9 Å². The molecule has 3 aromatic carbocycles. The molecule has 164 valence electrons. The first-order chi connectivity index (χ1) is 15.7. The van der Waals surface area contributed by atoms with E-state index in [2.05, 4.69) is 5.32 Å². The summed E-state index contributed by atoms with van der Waals surface area (Å²) in [5.74, 6) is -2.84. The molecular weight excluding hydrogens is 426 g/mol. The number of amides is 1. The van der Waals surface area contributed by atoms with Gasteiger partial charge in [0.05, 0.1) is 16.5 Å². The molecule has 0 saturated heterocycles. The molecule has 0 aliphatic rings. The number of anilines is 1. The summed E-state index contributed by atoms with van der Waals surface area (Å²) in [6.07, 6.45) is 0. The van der Waals surface area contributed by atoms with E-state index in [1.54, 1.807) is 24.3 Å². The van der Waals surface area contributed by atoms with E-state index in [1.165, 1.54) is 30.3 Å². The van der Waals surface area contributed by atoms with Crippen LogP contribution in [-0.2, 0) is 0 Å². The molecule has 0 radical (unpaired) electrons. The average Bonchev–Trinajstić information content (AvgIpc) is 2.79. The van der Waals surface area contributed by atoms with Crippen LogP contribution in [-0.4, -0.2) is 28.1 Å². The summed E-state index contributed by atoms with van der Waals surface area (Å²) in [6, 6.07) is 16.3. The number of fused-ring (bicyclic) bond motifs is 1. The van der Waals surface area contributed by atoms with Crippen LogP contribution >= 0.6 is 0 Å². The van der Waals surface area contributed by atoms with Gasteiger partial charge in [0.2, 0.25) is 0 Å². The van der Waals surface area contributed by atoms with Crippen LogP contribution in [0, 0.1) is 6.92 Å². The number of carbonyl (C=O) groups excluding carboxylic acids is 1. The van der Waals surface area contributed by atoms with Crippen molar-refractivity contribution >= 4 is 34.5 Å². The molecule has 0 aliphatic heterocycles. The van der Waals surface area contributed by atoms with Crippen molar-refractivity contribution in [3.8, 4) is 11.3 Å². The molecule has 0 fully saturated rings. The van der Waals surface area contributed by atoms with Crippen molar-refractivity contribution in [2.24, 2.45) is 0 Å². The highest BCUT2D eigenvalue weighted by atomic mass is 16.4. The fourth-order valence-corrected chi connectivity index (χ4v) is 3.35. The Morgan fingerprint density at radius 1 is 0.788 bits per heavy atom. The molecule has 4 aromatic rings. The molecule has 0 atom stereocenters. The van der Waals surface area contributed by atoms with Gasteiger partial charge in [0, 0.05) is 22.9 Å². The van der Waals surface area contributed by atoms with E-state index < -0.39 is 17.8 Å². The van der Waals surface area contributed by atoms with Crippen LogP contribution in [0.2, 0.25) is 0 Å². The fourth-order valence-electron chi connectivity index (χ4n) is 3.35. The maximum absolute atomic E-state index is 12.6. The minimum atomic E-state index is -1.31. The monoisotopic (exact) mass is 443 g/mol. The summed E-state index contributed by atoms with van der Waals surface area (Å²) in [5.41, 5.74) is 1.58. The molecule has 8 heteroatoms. The molecule has 33 heavy (non-hydrogen) atoms. The van der Waals surface area contributed by atoms with E-state index in [0.29, 0.717) is 22.3 Å². The molecule has 0 spiro atoms. The first kappa shape index (κ1) is 21.5. The quantitative estimate of drug-likeness (QED) is 0.416. The van der Waals surface area contributed by atoms with Gasteiger partial charge in [0.1, 0.15) is 11.3 Å². The molecular formula is C25H17NO7. The number of rotatable bonds is 5. The van der Waals surface area contributed by atoms with Crippen molar-refractivity contribution in [3.63, 3.8) is 0 Å². The van der Waals surface area contributed by atoms with Crippen molar-refractivity contribution < 1.29 is 29.0 Å². The summed E-state index contributed by atoms with van der Waals surface area (Å²) in [6.45, 7) is 1.89. The van der Waals surface area contributed by atoms with Crippen LogP contribution in [0.15, 0.2) is 75.9 Å². The van der Waals surface area contributed by atoms with Gasteiger partial charge in [-0.15, -0.1) is 0 Å². The van der Waals surface area contributed by atoms with Crippen molar-refractivity contribution in [2.75, 3.05) is 5.32 Å². The zero-order valence-corrected chi connectivity index (χ0v) is 17.3. The average molecular weight is 443 g/mol. The molecule has 0 bridgehead atoms. The maximum atomic E-state index is 12.6. The normalized spacial score (nSPS) is 10.7. The van der Waals surface area contributed by atoms with Gasteiger partial charge in [-0.2, -0.15) is 0 Å². The summed E-state index contributed by atoms with van der Waals surface area (Å²) in [4.78, 5) is 47.5. The molecule has 0 saturated carbocycles. The van der Waals surface area contributed by atoms with E-state index in [9.17, 15) is 19.2 Å². The Hall–Kier alpha value is -4.72.